The fourth-order valence-electron chi connectivity index (χ4n) is 4.27. The lowest BCUT2D eigenvalue weighted by atomic mass is 10.0. The minimum atomic E-state index is -4.57. The van der Waals surface area contributed by atoms with Crippen molar-refractivity contribution in [3.05, 3.63) is 100 Å². The van der Waals surface area contributed by atoms with Crippen LogP contribution in [-0.4, -0.2) is 59.8 Å². The first-order valence-corrected chi connectivity index (χ1v) is 13.5. The Bertz CT molecular complexity index is 1570. The van der Waals surface area contributed by atoms with Crippen molar-refractivity contribution < 1.29 is 41.1 Å². The fourth-order valence-corrected chi connectivity index (χ4v) is 6.09. The second kappa shape index (κ2) is 11.7. The zero-order valence-corrected chi connectivity index (χ0v) is 22.0. The van der Waals surface area contributed by atoms with E-state index in [1.165, 1.54) is 24.3 Å². The Morgan fingerprint density at radius 3 is 2.30 bits per heavy atom. The van der Waals surface area contributed by atoms with Crippen LogP contribution in [0.25, 0.3) is 0 Å². The molecule has 210 valence electrons. The van der Waals surface area contributed by atoms with Crippen LogP contribution in [-0.2, 0) is 19.6 Å². The van der Waals surface area contributed by atoms with E-state index in [2.05, 4.69) is 5.32 Å². The number of rotatable bonds is 8. The van der Waals surface area contributed by atoms with E-state index < -0.39 is 73.8 Å². The van der Waals surface area contributed by atoms with E-state index in [9.17, 15) is 41.1 Å². The number of carboxylic acids is 1. The van der Waals surface area contributed by atoms with Gasteiger partial charge in [-0.25, -0.2) is 21.6 Å². The molecule has 0 spiro atoms. The quantitative estimate of drug-likeness (QED) is 0.410. The Hall–Kier alpha value is -3.94. The number of hydrogen-bond donors (Lipinski definition) is 2. The molecular weight excluding hydrogens is 575 g/mol. The van der Waals surface area contributed by atoms with Gasteiger partial charge in [0.2, 0.25) is 10.0 Å². The number of nitrogens with one attached hydrogen (secondary N) is 1. The smallest absolute Gasteiger partial charge is 0.305 e. The lowest BCUT2D eigenvalue weighted by Gasteiger charge is -2.30. The van der Waals surface area contributed by atoms with Gasteiger partial charge in [-0.3, -0.25) is 14.4 Å². The van der Waals surface area contributed by atoms with Gasteiger partial charge >= 0.3 is 5.97 Å². The number of halogens is 4. The van der Waals surface area contributed by atoms with Crippen LogP contribution >= 0.6 is 11.6 Å². The van der Waals surface area contributed by atoms with Crippen molar-refractivity contribution in [1.29, 1.82) is 0 Å². The van der Waals surface area contributed by atoms with Crippen molar-refractivity contribution in [3.8, 4) is 0 Å². The van der Waals surface area contributed by atoms with E-state index in [-0.39, 0.29) is 24.2 Å². The standard InChI is InChI=1S/C26H21ClF3N3O6S/c27-20-13-19(8-9-21(20)30)40(38,39)33-11-10-32(26(37)16-2-1-3-18(29)12-16)25(33)24(36)31-22(14-23(34)35)15-4-6-17(28)7-5-15/h1-9,12-13,22,25H,10-11,14H2,(H,31,36)(H,34,35). The molecule has 0 aliphatic carbocycles. The summed E-state index contributed by atoms with van der Waals surface area (Å²) in [5.74, 6) is -5.49. The van der Waals surface area contributed by atoms with Crippen molar-refractivity contribution >= 4 is 39.4 Å². The van der Waals surface area contributed by atoms with Gasteiger partial charge in [-0.1, -0.05) is 29.8 Å². The van der Waals surface area contributed by atoms with E-state index >= 15 is 0 Å². The Kier molecular flexibility index (Phi) is 8.47. The molecule has 2 N–H and O–H groups in total. The molecule has 0 aromatic heterocycles. The third kappa shape index (κ3) is 6.11. The molecule has 0 radical (unpaired) electrons. The molecule has 1 aliphatic rings. The number of carboxylic acid groups (broad SMARTS) is 1. The van der Waals surface area contributed by atoms with Gasteiger partial charge in [0.1, 0.15) is 17.5 Å². The van der Waals surface area contributed by atoms with Crippen molar-refractivity contribution in [2.75, 3.05) is 13.1 Å². The number of nitrogens with zero attached hydrogens (tertiary/aromatic N) is 2. The molecular formula is C26H21ClF3N3O6S. The average Bonchev–Trinajstić information content (AvgIpc) is 3.36. The Morgan fingerprint density at radius 2 is 1.68 bits per heavy atom. The van der Waals surface area contributed by atoms with Crippen molar-refractivity contribution in [2.24, 2.45) is 0 Å². The molecule has 0 saturated carbocycles. The molecule has 1 aliphatic heterocycles. The van der Waals surface area contributed by atoms with E-state index in [4.69, 9.17) is 11.6 Å². The van der Waals surface area contributed by atoms with Crippen LogP contribution in [0.5, 0.6) is 0 Å². The first kappa shape index (κ1) is 29.1. The third-order valence-electron chi connectivity index (χ3n) is 6.16. The maximum absolute atomic E-state index is 13.9. The Balaban J connectivity index is 1.75. The maximum atomic E-state index is 13.9. The Labute approximate surface area is 231 Å². The summed E-state index contributed by atoms with van der Waals surface area (Å²) in [6.45, 7) is -0.668. The van der Waals surface area contributed by atoms with Gasteiger partial charge in [0.25, 0.3) is 11.8 Å². The van der Waals surface area contributed by atoms with Gasteiger partial charge < -0.3 is 15.3 Å². The van der Waals surface area contributed by atoms with Crippen LogP contribution in [0.15, 0.2) is 71.6 Å². The van der Waals surface area contributed by atoms with Crippen LogP contribution in [0.4, 0.5) is 13.2 Å². The van der Waals surface area contributed by atoms with Crippen molar-refractivity contribution in [1.82, 2.24) is 14.5 Å². The van der Waals surface area contributed by atoms with Crippen molar-refractivity contribution in [2.45, 2.75) is 23.5 Å². The van der Waals surface area contributed by atoms with Gasteiger partial charge in [0, 0.05) is 18.7 Å². The SMILES string of the molecule is O=C(O)CC(NC(=O)C1N(C(=O)c2cccc(F)c2)CCN1S(=O)(=O)c1ccc(F)c(Cl)c1)c1ccc(F)cc1. The summed E-state index contributed by atoms with van der Waals surface area (Å²) in [5.41, 5.74) is 0.0420. The fraction of sp³-hybridized carbons (Fsp3) is 0.192. The molecule has 14 heteroatoms. The number of hydrogen-bond acceptors (Lipinski definition) is 5. The first-order chi connectivity index (χ1) is 18.9. The van der Waals surface area contributed by atoms with E-state index in [0.717, 1.165) is 47.4 Å². The molecule has 4 rings (SSSR count). The maximum Gasteiger partial charge on any atom is 0.305 e. The summed E-state index contributed by atoms with van der Waals surface area (Å²) in [6.07, 6.45) is -2.50. The lowest BCUT2D eigenvalue weighted by molar-refractivity contribution is -0.138. The van der Waals surface area contributed by atoms with Gasteiger partial charge in [0.15, 0.2) is 6.17 Å². The Morgan fingerprint density at radius 1 is 0.975 bits per heavy atom. The van der Waals surface area contributed by atoms with Crippen LogP contribution in [0.2, 0.25) is 5.02 Å². The summed E-state index contributed by atoms with van der Waals surface area (Å²) < 4.78 is 68.9. The van der Waals surface area contributed by atoms with Crippen molar-refractivity contribution in [3.63, 3.8) is 0 Å². The first-order valence-electron chi connectivity index (χ1n) is 11.7. The minimum absolute atomic E-state index is 0.164. The molecule has 2 atom stereocenters. The number of amides is 2. The minimum Gasteiger partial charge on any atom is -0.481 e. The molecule has 3 aromatic carbocycles. The number of benzene rings is 3. The zero-order valence-electron chi connectivity index (χ0n) is 20.4. The highest BCUT2D eigenvalue weighted by molar-refractivity contribution is 7.89. The summed E-state index contributed by atoms with van der Waals surface area (Å²) in [6, 6.07) is 10.6. The molecule has 3 aromatic rings. The van der Waals surface area contributed by atoms with Crippen LogP contribution in [0.1, 0.15) is 28.4 Å². The van der Waals surface area contributed by atoms with Gasteiger partial charge in [-0.15, -0.1) is 0 Å². The van der Waals surface area contributed by atoms with Crippen LogP contribution in [0.3, 0.4) is 0 Å². The molecule has 1 fully saturated rings. The highest BCUT2D eigenvalue weighted by Gasteiger charge is 2.47. The van der Waals surface area contributed by atoms with E-state index in [0.29, 0.717) is 4.31 Å². The van der Waals surface area contributed by atoms with Gasteiger partial charge in [-0.2, -0.15) is 4.31 Å². The lowest BCUT2D eigenvalue weighted by Crippen LogP contribution is -2.54. The summed E-state index contributed by atoms with van der Waals surface area (Å²) in [5, 5.41) is 11.3. The summed E-state index contributed by atoms with van der Waals surface area (Å²) in [4.78, 5) is 39.0. The zero-order chi connectivity index (χ0) is 29.2. The highest BCUT2D eigenvalue weighted by atomic mass is 35.5. The molecule has 1 saturated heterocycles. The molecule has 2 unspecified atom stereocenters. The molecule has 40 heavy (non-hydrogen) atoms. The summed E-state index contributed by atoms with van der Waals surface area (Å²) in [7, 11) is -4.57. The predicted octanol–water partition coefficient (Wildman–Crippen LogP) is 3.56. The predicted molar refractivity (Wildman–Crippen MR) is 136 cm³/mol. The highest BCUT2D eigenvalue weighted by Crippen LogP contribution is 2.29. The van der Waals surface area contributed by atoms with Gasteiger partial charge in [-0.05, 0) is 54.1 Å². The second-order valence-electron chi connectivity index (χ2n) is 8.78. The topological polar surface area (TPSA) is 124 Å². The van der Waals surface area contributed by atoms with Gasteiger partial charge in [0.05, 0.1) is 22.4 Å². The second-order valence-corrected chi connectivity index (χ2v) is 11.1. The normalized spacial score (nSPS) is 16.5. The number of carbonyl (C=O) groups excluding carboxylic acids is 2. The summed E-state index contributed by atoms with van der Waals surface area (Å²) >= 11 is 5.78. The molecule has 9 nitrogen and oxygen atoms in total. The number of sulfonamides is 1. The molecule has 0 bridgehead atoms. The number of aliphatic carboxylic acids is 1. The molecule has 1 heterocycles. The monoisotopic (exact) mass is 595 g/mol. The van der Waals surface area contributed by atoms with E-state index in [1.54, 1.807) is 0 Å². The third-order valence-corrected chi connectivity index (χ3v) is 8.30. The largest absolute Gasteiger partial charge is 0.481 e. The number of carbonyl (C=O) groups is 3. The van der Waals surface area contributed by atoms with Crippen LogP contribution in [0, 0.1) is 17.5 Å². The van der Waals surface area contributed by atoms with Crippen LogP contribution < -0.4 is 5.32 Å². The molecule has 2 amide bonds. The average molecular weight is 596 g/mol. The van der Waals surface area contributed by atoms with E-state index in [1.807, 2.05) is 0 Å².